The summed E-state index contributed by atoms with van der Waals surface area (Å²) in [6.45, 7) is 2.83. The van der Waals surface area contributed by atoms with Crippen LogP contribution in [0.3, 0.4) is 0 Å². The van der Waals surface area contributed by atoms with Gasteiger partial charge < -0.3 is 26.2 Å². The van der Waals surface area contributed by atoms with Crippen molar-refractivity contribution in [1.82, 2.24) is 5.32 Å². The summed E-state index contributed by atoms with van der Waals surface area (Å²) in [4.78, 5) is 12.8. The van der Waals surface area contributed by atoms with Gasteiger partial charge in [-0.15, -0.1) is 0 Å². The number of amides is 1. The molecule has 0 aliphatic carbocycles. The molecule has 6 nitrogen and oxygen atoms in total. The van der Waals surface area contributed by atoms with Crippen LogP contribution >= 0.6 is 11.6 Å². The second kappa shape index (κ2) is 10.8. The number of anilines is 1. The fraction of sp³-hybridized carbons (Fsp3) is 0.261. The van der Waals surface area contributed by atoms with E-state index in [-0.39, 0.29) is 11.3 Å². The van der Waals surface area contributed by atoms with Gasteiger partial charge in [-0.1, -0.05) is 35.9 Å². The third-order valence-electron chi connectivity index (χ3n) is 4.61. The number of nitrogens with two attached hydrogens (primary N) is 1. The highest BCUT2D eigenvalue weighted by molar-refractivity contribution is 6.30. The summed E-state index contributed by atoms with van der Waals surface area (Å²) in [5.74, 6) is -0.0156. The number of benzene rings is 3. The van der Waals surface area contributed by atoms with Crippen molar-refractivity contribution in [3.63, 3.8) is 0 Å². The van der Waals surface area contributed by atoms with E-state index in [0.717, 1.165) is 36.7 Å². The van der Waals surface area contributed by atoms with E-state index in [1.807, 2.05) is 24.3 Å². The Morgan fingerprint density at radius 2 is 1.77 bits per heavy atom. The van der Waals surface area contributed by atoms with Crippen LogP contribution in [0.2, 0.25) is 5.02 Å². The van der Waals surface area contributed by atoms with Crippen molar-refractivity contribution in [2.24, 2.45) is 5.73 Å². The number of fused-ring (bicyclic) bond motifs is 1. The number of phenolic OH excluding ortho intramolecular Hbond substituents is 1. The molecule has 3 aromatic carbocycles. The summed E-state index contributed by atoms with van der Waals surface area (Å²) in [7, 11) is 0. The summed E-state index contributed by atoms with van der Waals surface area (Å²) in [6.07, 6.45) is 1.74. The van der Waals surface area contributed by atoms with Crippen LogP contribution in [0.25, 0.3) is 10.8 Å². The second-order valence-corrected chi connectivity index (χ2v) is 7.34. The first-order valence-electron chi connectivity index (χ1n) is 9.94. The van der Waals surface area contributed by atoms with E-state index in [2.05, 4.69) is 10.6 Å². The first kappa shape index (κ1) is 21.9. The van der Waals surface area contributed by atoms with E-state index in [9.17, 15) is 9.90 Å². The Bertz CT molecular complexity index is 1010. The number of ether oxygens (including phenoxy) is 1. The Balaban J connectivity index is 1.67. The van der Waals surface area contributed by atoms with Crippen LogP contribution in [0.5, 0.6) is 11.5 Å². The zero-order chi connectivity index (χ0) is 21.3. The number of halogens is 1. The minimum atomic E-state index is -0.422. The van der Waals surface area contributed by atoms with E-state index in [1.54, 1.807) is 30.3 Å². The summed E-state index contributed by atoms with van der Waals surface area (Å²) in [5.41, 5.74) is 6.15. The fourth-order valence-corrected chi connectivity index (χ4v) is 3.21. The molecular formula is C23H26ClN3O3. The van der Waals surface area contributed by atoms with Gasteiger partial charge in [0.25, 0.3) is 5.91 Å². The predicted molar refractivity (Wildman–Crippen MR) is 122 cm³/mol. The van der Waals surface area contributed by atoms with Gasteiger partial charge in [-0.2, -0.15) is 0 Å². The number of hydrogen-bond donors (Lipinski definition) is 4. The van der Waals surface area contributed by atoms with Crippen molar-refractivity contribution in [1.29, 1.82) is 0 Å². The lowest BCUT2D eigenvalue weighted by molar-refractivity contribution is 0.102. The Morgan fingerprint density at radius 3 is 2.53 bits per heavy atom. The van der Waals surface area contributed by atoms with Crippen LogP contribution in [0, 0.1) is 0 Å². The molecular weight excluding hydrogens is 402 g/mol. The van der Waals surface area contributed by atoms with Crippen LogP contribution in [0.1, 0.15) is 23.2 Å². The molecule has 0 aliphatic heterocycles. The molecule has 0 saturated carbocycles. The molecule has 5 N–H and O–H groups in total. The third-order valence-corrected chi connectivity index (χ3v) is 4.85. The molecule has 30 heavy (non-hydrogen) atoms. The first-order valence-corrected chi connectivity index (χ1v) is 10.3. The number of carbonyl (C=O) groups excluding carboxylic acids is 1. The molecule has 0 aliphatic rings. The molecule has 158 valence electrons. The minimum Gasteiger partial charge on any atom is -0.507 e. The lowest BCUT2D eigenvalue weighted by atomic mass is 10.1. The maximum atomic E-state index is 12.8. The van der Waals surface area contributed by atoms with Crippen LogP contribution in [0.15, 0.2) is 54.6 Å². The van der Waals surface area contributed by atoms with Crippen LogP contribution in [-0.4, -0.2) is 37.3 Å². The highest BCUT2D eigenvalue weighted by atomic mass is 35.5. The average Bonchev–Trinajstić information content (AvgIpc) is 2.74. The number of phenols is 1. The van der Waals surface area contributed by atoms with E-state index in [0.29, 0.717) is 29.6 Å². The second-order valence-electron chi connectivity index (χ2n) is 6.91. The van der Waals surface area contributed by atoms with E-state index >= 15 is 0 Å². The predicted octanol–water partition coefficient (Wildman–Crippen LogP) is 4.16. The molecule has 3 rings (SSSR count). The first-order chi connectivity index (χ1) is 14.6. The lowest BCUT2D eigenvalue weighted by Crippen LogP contribution is -2.21. The molecule has 0 fully saturated rings. The van der Waals surface area contributed by atoms with Crippen molar-refractivity contribution in [2.45, 2.75) is 12.8 Å². The van der Waals surface area contributed by atoms with Gasteiger partial charge in [-0.3, -0.25) is 4.79 Å². The molecule has 3 aromatic rings. The van der Waals surface area contributed by atoms with Gasteiger partial charge in [-0.05, 0) is 67.5 Å². The van der Waals surface area contributed by atoms with E-state index < -0.39 is 5.91 Å². The Hall–Kier alpha value is -2.80. The van der Waals surface area contributed by atoms with Crippen molar-refractivity contribution >= 4 is 34.0 Å². The van der Waals surface area contributed by atoms with Crippen molar-refractivity contribution < 1.29 is 14.6 Å². The maximum absolute atomic E-state index is 12.8. The zero-order valence-electron chi connectivity index (χ0n) is 16.7. The Kier molecular flexibility index (Phi) is 7.90. The molecule has 0 spiro atoms. The highest BCUT2D eigenvalue weighted by Crippen LogP contribution is 2.31. The maximum Gasteiger partial charge on any atom is 0.259 e. The average molecular weight is 428 g/mol. The lowest BCUT2D eigenvalue weighted by Gasteiger charge is -2.14. The number of carbonyl (C=O) groups is 1. The standard InChI is InChI=1S/C23H26ClN3O3/c24-18-7-8-20(22(15-18)30-12-4-11-26-10-3-9-25)27-23(29)19-13-16-5-1-2-6-17(16)14-21(19)28/h1-2,5-8,13-15,26,28H,3-4,9-12,25H2,(H,27,29). The molecule has 0 radical (unpaired) electrons. The number of rotatable bonds is 10. The Morgan fingerprint density at radius 1 is 1.03 bits per heavy atom. The quantitative estimate of drug-likeness (QED) is 0.364. The van der Waals surface area contributed by atoms with Gasteiger partial charge in [0.05, 0.1) is 17.9 Å². The zero-order valence-corrected chi connectivity index (χ0v) is 17.4. The number of hydrogen-bond acceptors (Lipinski definition) is 5. The number of aromatic hydroxyl groups is 1. The van der Waals surface area contributed by atoms with Crippen LogP contribution in [0.4, 0.5) is 5.69 Å². The Labute approximate surface area is 181 Å². The molecule has 0 aromatic heterocycles. The van der Waals surface area contributed by atoms with Crippen molar-refractivity contribution in [3.8, 4) is 11.5 Å². The third kappa shape index (κ3) is 5.86. The molecule has 0 atom stereocenters. The minimum absolute atomic E-state index is 0.0776. The molecule has 0 heterocycles. The molecule has 0 saturated heterocycles. The SMILES string of the molecule is NCCCNCCCOc1cc(Cl)ccc1NC(=O)c1cc2ccccc2cc1O. The topological polar surface area (TPSA) is 96.6 Å². The van der Waals surface area contributed by atoms with E-state index in [1.165, 1.54) is 0 Å². The largest absolute Gasteiger partial charge is 0.507 e. The molecule has 0 bridgehead atoms. The van der Waals surface area contributed by atoms with Crippen LogP contribution < -0.4 is 21.1 Å². The van der Waals surface area contributed by atoms with Gasteiger partial charge >= 0.3 is 0 Å². The van der Waals surface area contributed by atoms with E-state index in [4.69, 9.17) is 22.1 Å². The summed E-state index contributed by atoms with van der Waals surface area (Å²) >= 11 is 6.10. The summed E-state index contributed by atoms with van der Waals surface area (Å²) < 4.78 is 5.84. The van der Waals surface area contributed by atoms with Crippen molar-refractivity contribution in [3.05, 3.63) is 65.2 Å². The molecule has 1 amide bonds. The molecule has 0 unspecified atom stereocenters. The van der Waals surface area contributed by atoms with Crippen molar-refractivity contribution in [2.75, 3.05) is 31.6 Å². The number of nitrogens with one attached hydrogen (secondary N) is 2. The van der Waals surface area contributed by atoms with Gasteiger partial charge in [-0.25, -0.2) is 0 Å². The fourth-order valence-electron chi connectivity index (χ4n) is 3.05. The molecule has 7 heteroatoms. The highest BCUT2D eigenvalue weighted by Gasteiger charge is 2.15. The van der Waals surface area contributed by atoms with Crippen LogP contribution in [-0.2, 0) is 0 Å². The van der Waals surface area contributed by atoms with Gasteiger partial charge in [0, 0.05) is 11.1 Å². The van der Waals surface area contributed by atoms with Gasteiger partial charge in [0.1, 0.15) is 11.5 Å². The van der Waals surface area contributed by atoms with Gasteiger partial charge in [0.15, 0.2) is 0 Å². The van der Waals surface area contributed by atoms with Gasteiger partial charge in [0.2, 0.25) is 0 Å². The summed E-state index contributed by atoms with van der Waals surface area (Å²) in [6, 6.07) is 15.8. The summed E-state index contributed by atoms with van der Waals surface area (Å²) in [5, 5.41) is 18.7. The monoisotopic (exact) mass is 427 g/mol. The smallest absolute Gasteiger partial charge is 0.259 e. The normalized spacial score (nSPS) is 10.9.